The standard InChI is InChI=1S/C9H20N2O3S/c1-5-6-8(2)10-9(12)7-11(3)15(4,13)14/h8H,5-7H2,1-4H3,(H,10,12). The number of carbonyl (C=O) groups excluding carboxylic acids is 1. The Morgan fingerprint density at radius 3 is 2.40 bits per heavy atom. The number of sulfonamides is 1. The van der Waals surface area contributed by atoms with Gasteiger partial charge in [-0.3, -0.25) is 4.79 Å². The number of rotatable bonds is 6. The molecule has 0 radical (unpaired) electrons. The van der Waals surface area contributed by atoms with E-state index in [-0.39, 0.29) is 18.5 Å². The molecule has 0 heterocycles. The van der Waals surface area contributed by atoms with Crippen molar-refractivity contribution in [3.8, 4) is 0 Å². The van der Waals surface area contributed by atoms with Crippen molar-refractivity contribution >= 4 is 15.9 Å². The molecule has 0 aliphatic heterocycles. The van der Waals surface area contributed by atoms with E-state index in [1.54, 1.807) is 0 Å². The minimum absolute atomic E-state index is 0.0930. The summed E-state index contributed by atoms with van der Waals surface area (Å²) in [6, 6.07) is 0.0930. The molecule has 0 aromatic rings. The van der Waals surface area contributed by atoms with Crippen LogP contribution in [0.3, 0.4) is 0 Å². The third-order valence-corrected chi connectivity index (χ3v) is 3.32. The van der Waals surface area contributed by atoms with Crippen molar-refractivity contribution in [2.45, 2.75) is 32.7 Å². The number of hydrogen-bond donors (Lipinski definition) is 1. The fourth-order valence-electron chi connectivity index (χ4n) is 1.15. The Morgan fingerprint density at radius 2 is 2.00 bits per heavy atom. The predicted octanol–water partition coefficient (Wildman–Crippen LogP) is 0.183. The first-order valence-electron chi connectivity index (χ1n) is 4.98. The van der Waals surface area contributed by atoms with Crippen molar-refractivity contribution in [2.24, 2.45) is 0 Å². The second-order valence-electron chi connectivity index (χ2n) is 3.78. The van der Waals surface area contributed by atoms with Crippen LogP contribution in [0.4, 0.5) is 0 Å². The fourth-order valence-corrected chi connectivity index (χ4v) is 1.50. The van der Waals surface area contributed by atoms with Crippen molar-refractivity contribution in [1.82, 2.24) is 9.62 Å². The first kappa shape index (κ1) is 14.4. The number of carbonyl (C=O) groups is 1. The van der Waals surface area contributed by atoms with Gasteiger partial charge in [-0.1, -0.05) is 13.3 Å². The topological polar surface area (TPSA) is 66.5 Å². The zero-order valence-corrected chi connectivity index (χ0v) is 10.6. The van der Waals surface area contributed by atoms with Crippen molar-refractivity contribution in [1.29, 1.82) is 0 Å². The molecule has 0 aliphatic carbocycles. The van der Waals surface area contributed by atoms with Crippen LogP contribution in [0.1, 0.15) is 26.7 Å². The highest BCUT2D eigenvalue weighted by atomic mass is 32.2. The molecule has 0 aromatic carbocycles. The molecule has 1 unspecified atom stereocenters. The van der Waals surface area contributed by atoms with Crippen LogP contribution in [-0.2, 0) is 14.8 Å². The molecule has 0 spiro atoms. The van der Waals surface area contributed by atoms with Gasteiger partial charge in [0, 0.05) is 13.1 Å². The van der Waals surface area contributed by atoms with Crippen molar-refractivity contribution < 1.29 is 13.2 Å². The van der Waals surface area contributed by atoms with Gasteiger partial charge in [-0.2, -0.15) is 4.31 Å². The summed E-state index contributed by atoms with van der Waals surface area (Å²) in [6.45, 7) is 3.82. The second kappa shape index (κ2) is 6.07. The van der Waals surface area contributed by atoms with Crippen LogP contribution in [0.2, 0.25) is 0 Å². The number of amides is 1. The minimum atomic E-state index is -3.27. The average molecular weight is 236 g/mol. The van der Waals surface area contributed by atoms with Crippen LogP contribution in [-0.4, -0.2) is 44.5 Å². The molecule has 0 saturated heterocycles. The van der Waals surface area contributed by atoms with Crippen LogP contribution in [0.25, 0.3) is 0 Å². The van der Waals surface area contributed by atoms with Crippen LogP contribution in [0, 0.1) is 0 Å². The summed E-state index contributed by atoms with van der Waals surface area (Å²) >= 11 is 0. The van der Waals surface area contributed by atoms with E-state index >= 15 is 0 Å². The van der Waals surface area contributed by atoms with Gasteiger partial charge < -0.3 is 5.32 Å². The van der Waals surface area contributed by atoms with Gasteiger partial charge in [0.2, 0.25) is 15.9 Å². The Bertz CT molecular complexity index is 300. The molecule has 15 heavy (non-hydrogen) atoms. The molecule has 90 valence electrons. The Labute approximate surface area is 91.9 Å². The van der Waals surface area contributed by atoms with Gasteiger partial charge in [0.05, 0.1) is 12.8 Å². The van der Waals surface area contributed by atoms with Gasteiger partial charge in [-0.15, -0.1) is 0 Å². The molecule has 0 aromatic heterocycles. The highest BCUT2D eigenvalue weighted by Gasteiger charge is 2.15. The minimum Gasteiger partial charge on any atom is -0.353 e. The lowest BCUT2D eigenvalue weighted by Crippen LogP contribution is -2.41. The van der Waals surface area contributed by atoms with E-state index in [0.29, 0.717) is 0 Å². The van der Waals surface area contributed by atoms with Gasteiger partial charge in [0.15, 0.2) is 0 Å². The lowest BCUT2D eigenvalue weighted by atomic mass is 10.2. The molecule has 0 rings (SSSR count). The number of nitrogens with zero attached hydrogens (tertiary/aromatic N) is 1. The van der Waals surface area contributed by atoms with E-state index in [9.17, 15) is 13.2 Å². The maximum absolute atomic E-state index is 11.4. The quantitative estimate of drug-likeness (QED) is 0.715. The molecule has 1 N–H and O–H groups in total. The molecular formula is C9H20N2O3S. The molecule has 0 saturated carbocycles. The summed E-state index contributed by atoms with van der Waals surface area (Å²) in [7, 11) is -1.89. The molecular weight excluding hydrogens is 216 g/mol. The summed E-state index contributed by atoms with van der Waals surface area (Å²) < 4.78 is 23.1. The normalized spacial score (nSPS) is 13.9. The van der Waals surface area contributed by atoms with E-state index in [2.05, 4.69) is 5.32 Å². The second-order valence-corrected chi connectivity index (χ2v) is 5.87. The zero-order chi connectivity index (χ0) is 12.1. The highest BCUT2D eigenvalue weighted by Crippen LogP contribution is 1.96. The van der Waals surface area contributed by atoms with Crippen LogP contribution in [0.5, 0.6) is 0 Å². The largest absolute Gasteiger partial charge is 0.353 e. The first-order chi connectivity index (χ1) is 6.77. The summed E-state index contributed by atoms with van der Waals surface area (Å²) in [4.78, 5) is 11.4. The molecule has 1 amide bonds. The van der Waals surface area contributed by atoms with Gasteiger partial charge in [0.25, 0.3) is 0 Å². The first-order valence-corrected chi connectivity index (χ1v) is 6.82. The van der Waals surface area contributed by atoms with Crippen molar-refractivity contribution in [2.75, 3.05) is 19.8 Å². The monoisotopic (exact) mass is 236 g/mol. The maximum atomic E-state index is 11.4. The highest BCUT2D eigenvalue weighted by molar-refractivity contribution is 7.88. The van der Waals surface area contributed by atoms with Crippen LogP contribution < -0.4 is 5.32 Å². The molecule has 1 atom stereocenters. The molecule has 0 aliphatic rings. The SMILES string of the molecule is CCCC(C)NC(=O)CN(C)S(C)(=O)=O. The average Bonchev–Trinajstić information content (AvgIpc) is 2.01. The Kier molecular flexibility index (Phi) is 5.82. The smallest absolute Gasteiger partial charge is 0.235 e. The van der Waals surface area contributed by atoms with E-state index in [0.717, 1.165) is 23.4 Å². The van der Waals surface area contributed by atoms with E-state index in [1.807, 2.05) is 13.8 Å². The zero-order valence-electron chi connectivity index (χ0n) is 9.78. The summed E-state index contributed by atoms with van der Waals surface area (Å²) in [6.07, 6.45) is 2.97. The molecule has 0 fully saturated rings. The van der Waals surface area contributed by atoms with Crippen molar-refractivity contribution in [3.05, 3.63) is 0 Å². The Hall–Kier alpha value is -0.620. The van der Waals surface area contributed by atoms with Gasteiger partial charge >= 0.3 is 0 Å². The van der Waals surface area contributed by atoms with Gasteiger partial charge in [-0.05, 0) is 13.3 Å². The number of hydrogen-bond acceptors (Lipinski definition) is 3. The lowest BCUT2D eigenvalue weighted by Gasteiger charge is -2.16. The number of nitrogens with one attached hydrogen (secondary N) is 1. The van der Waals surface area contributed by atoms with E-state index < -0.39 is 10.0 Å². The Balaban J connectivity index is 4.05. The number of likely N-dealkylation sites (N-methyl/N-ethyl adjacent to an activating group) is 1. The summed E-state index contributed by atoms with van der Waals surface area (Å²) in [5.41, 5.74) is 0. The summed E-state index contributed by atoms with van der Waals surface area (Å²) in [5.74, 6) is -0.260. The van der Waals surface area contributed by atoms with Crippen molar-refractivity contribution in [3.63, 3.8) is 0 Å². The van der Waals surface area contributed by atoms with Crippen LogP contribution >= 0.6 is 0 Å². The third-order valence-electron chi connectivity index (χ3n) is 2.06. The fraction of sp³-hybridized carbons (Fsp3) is 0.889. The Morgan fingerprint density at radius 1 is 1.47 bits per heavy atom. The van der Waals surface area contributed by atoms with E-state index in [1.165, 1.54) is 7.05 Å². The predicted molar refractivity (Wildman–Crippen MR) is 60.0 cm³/mol. The van der Waals surface area contributed by atoms with Gasteiger partial charge in [-0.25, -0.2) is 8.42 Å². The molecule has 6 heteroatoms. The van der Waals surface area contributed by atoms with E-state index in [4.69, 9.17) is 0 Å². The molecule has 5 nitrogen and oxygen atoms in total. The third kappa shape index (κ3) is 6.46. The maximum Gasteiger partial charge on any atom is 0.235 e. The summed E-state index contributed by atoms with van der Waals surface area (Å²) in [5, 5.41) is 2.74. The van der Waals surface area contributed by atoms with Gasteiger partial charge in [0.1, 0.15) is 0 Å². The lowest BCUT2D eigenvalue weighted by molar-refractivity contribution is -0.121. The van der Waals surface area contributed by atoms with Crippen LogP contribution in [0.15, 0.2) is 0 Å². The molecule has 0 bridgehead atoms.